The van der Waals surface area contributed by atoms with Gasteiger partial charge in [-0.1, -0.05) is 6.07 Å². The standard InChI is InChI=1S/C13H16N4/c1-9-3-2-4-12(16-9)13-15-8-11(17-13)7-14-10-5-6-10/h2-4,8,10,14H,5-7H2,1H3,(H,15,17). The Labute approximate surface area is 101 Å². The third-order valence-corrected chi connectivity index (χ3v) is 2.92. The molecule has 0 bridgehead atoms. The number of aromatic nitrogens is 3. The minimum Gasteiger partial charge on any atom is -0.339 e. The SMILES string of the molecule is Cc1cccc(-c2ncc(CNC3CC3)[nH]2)n1. The fourth-order valence-corrected chi connectivity index (χ4v) is 1.80. The van der Waals surface area contributed by atoms with Crippen molar-refractivity contribution in [1.29, 1.82) is 0 Å². The molecule has 2 heterocycles. The summed E-state index contributed by atoms with van der Waals surface area (Å²) in [6.45, 7) is 2.85. The number of rotatable bonds is 4. The molecule has 2 aromatic heterocycles. The van der Waals surface area contributed by atoms with Crippen molar-refractivity contribution < 1.29 is 0 Å². The summed E-state index contributed by atoms with van der Waals surface area (Å²) < 4.78 is 0. The molecule has 88 valence electrons. The zero-order valence-corrected chi connectivity index (χ0v) is 9.90. The molecule has 0 atom stereocenters. The number of hydrogen-bond donors (Lipinski definition) is 2. The Balaban J connectivity index is 1.74. The number of hydrogen-bond acceptors (Lipinski definition) is 3. The molecular formula is C13H16N4. The van der Waals surface area contributed by atoms with Crippen LogP contribution >= 0.6 is 0 Å². The van der Waals surface area contributed by atoms with Gasteiger partial charge in [0.05, 0.1) is 6.20 Å². The average Bonchev–Trinajstić information content (AvgIpc) is 3.04. The van der Waals surface area contributed by atoms with Crippen molar-refractivity contribution in [3.05, 3.63) is 35.8 Å². The van der Waals surface area contributed by atoms with E-state index in [0.29, 0.717) is 0 Å². The summed E-state index contributed by atoms with van der Waals surface area (Å²) in [6, 6.07) is 6.69. The summed E-state index contributed by atoms with van der Waals surface area (Å²) in [5, 5.41) is 3.46. The van der Waals surface area contributed by atoms with Crippen LogP contribution in [-0.4, -0.2) is 21.0 Å². The number of nitrogens with zero attached hydrogens (tertiary/aromatic N) is 2. The molecule has 3 rings (SSSR count). The molecule has 0 radical (unpaired) electrons. The van der Waals surface area contributed by atoms with Crippen LogP contribution < -0.4 is 5.32 Å². The van der Waals surface area contributed by atoms with Crippen LogP contribution in [-0.2, 0) is 6.54 Å². The summed E-state index contributed by atoms with van der Waals surface area (Å²) in [5.41, 5.74) is 3.04. The van der Waals surface area contributed by atoms with Crippen LogP contribution in [0, 0.1) is 6.92 Å². The van der Waals surface area contributed by atoms with E-state index in [0.717, 1.165) is 35.5 Å². The Morgan fingerprint density at radius 2 is 2.29 bits per heavy atom. The summed E-state index contributed by atoms with van der Waals surface area (Å²) >= 11 is 0. The summed E-state index contributed by atoms with van der Waals surface area (Å²) in [6.07, 6.45) is 4.50. The monoisotopic (exact) mass is 228 g/mol. The second-order valence-corrected chi connectivity index (χ2v) is 4.58. The first kappa shape index (κ1) is 10.5. The van der Waals surface area contributed by atoms with E-state index in [-0.39, 0.29) is 0 Å². The zero-order valence-electron chi connectivity index (χ0n) is 9.90. The van der Waals surface area contributed by atoms with Gasteiger partial charge in [-0.05, 0) is 31.9 Å². The fraction of sp³-hybridized carbons (Fsp3) is 0.385. The van der Waals surface area contributed by atoms with Crippen LogP contribution in [0.15, 0.2) is 24.4 Å². The van der Waals surface area contributed by atoms with E-state index in [1.54, 1.807) is 0 Å². The molecule has 0 unspecified atom stereocenters. The Bertz CT molecular complexity index is 514. The lowest BCUT2D eigenvalue weighted by atomic mass is 10.3. The van der Waals surface area contributed by atoms with Gasteiger partial charge in [0.25, 0.3) is 0 Å². The Morgan fingerprint density at radius 3 is 3.06 bits per heavy atom. The molecule has 0 amide bonds. The highest BCUT2D eigenvalue weighted by atomic mass is 15.0. The van der Waals surface area contributed by atoms with Gasteiger partial charge in [0.1, 0.15) is 5.69 Å². The third-order valence-electron chi connectivity index (χ3n) is 2.92. The number of nitrogens with one attached hydrogen (secondary N) is 2. The molecular weight excluding hydrogens is 212 g/mol. The predicted molar refractivity (Wildman–Crippen MR) is 66.4 cm³/mol. The van der Waals surface area contributed by atoms with E-state index in [9.17, 15) is 0 Å². The van der Waals surface area contributed by atoms with Gasteiger partial charge < -0.3 is 10.3 Å². The topological polar surface area (TPSA) is 53.6 Å². The van der Waals surface area contributed by atoms with Gasteiger partial charge in [0.15, 0.2) is 5.82 Å². The minimum absolute atomic E-state index is 0.721. The number of pyridine rings is 1. The van der Waals surface area contributed by atoms with Gasteiger partial charge in [-0.2, -0.15) is 0 Å². The van der Waals surface area contributed by atoms with Gasteiger partial charge in [0.2, 0.25) is 0 Å². The molecule has 1 fully saturated rings. The largest absolute Gasteiger partial charge is 0.339 e. The summed E-state index contributed by atoms with van der Waals surface area (Å²) in [7, 11) is 0. The van der Waals surface area contributed by atoms with Crippen LogP contribution in [0.5, 0.6) is 0 Å². The molecule has 2 N–H and O–H groups in total. The zero-order chi connectivity index (χ0) is 11.7. The van der Waals surface area contributed by atoms with Crippen LogP contribution in [0.1, 0.15) is 24.2 Å². The van der Waals surface area contributed by atoms with Gasteiger partial charge >= 0.3 is 0 Å². The number of aromatic amines is 1. The van der Waals surface area contributed by atoms with Crippen LogP contribution in [0.4, 0.5) is 0 Å². The molecule has 0 aromatic carbocycles. The third kappa shape index (κ3) is 2.53. The van der Waals surface area contributed by atoms with Crippen molar-refractivity contribution in [3.8, 4) is 11.5 Å². The Morgan fingerprint density at radius 1 is 1.41 bits per heavy atom. The molecule has 4 nitrogen and oxygen atoms in total. The molecule has 0 saturated heterocycles. The minimum atomic E-state index is 0.721. The van der Waals surface area contributed by atoms with E-state index in [2.05, 4.69) is 20.3 Å². The second-order valence-electron chi connectivity index (χ2n) is 4.58. The molecule has 4 heteroatoms. The van der Waals surface area contributed by atoms with E-state index in [4.69, 9.17) is 0 Å². The van der Waals surface area contributed by atoms with Gasteiger partial charge in [-0.25, -0.2) is 9.97 Å². The first-order valence-electron chi connectivity index (χ1n) is 6.02. The smallest absolute Gasteiger partial charge is 0.156 e. The normalized spacial score (nSPS) is 15.1. The number of imidazole rings is 1. The maximum Gasteiger partial charge on any atom is 0.156 e. The fourth-order valence-electron chi connectivity index (χ4n) is 1.80. The van der Waals surface area contributed by atoms with Crippen LogP contribution in [0.2, 0.25) is 0 Å². The first-order chi connectivity index (χ1) is 8.31. The van der Waals surface area contributed by atoms with Crippen molar-refractivity contribution in [2.24, 2.45) is 0 Å². The van der Waals surface area contributed by atoms with Crippen molar-refractivity contribution in [2.45, 2.75) is 32.4 Å². The maximum atomic E-state index is 4.45. The molecule has 0 aliphatic heterocycles. The number of aryl methyl sites for hydroxylation is 1. The van der Waals surface area contributed by atoms with E-state index < -0.39 is 0 Å². The molecule has 2 aromatic rings. The number of H-pyrrole nitrogens is 1. The quantitative estimate of drug-likeness (QED) is 0.842. The highest BCUT2D eigenvalue weighted by molar-refractivity contribution is 5.49. The van der Waals surface area contributed by atoms with Gasteiger partial charge in [0, 0.05) is 24.0 Å². The van der Waals surface area contributed by atoms with Crippen molar-refractivity contribution >= 4 is 0 Å². The molecule has 17 heavy (non-hydrogen) atoms. The van der Waals surface area contributed by atoms with Crippen molar-refractivity contribution in [1.82, 2.24) is 20.3 Å². The van der Waals surface area contributed by atoms with Gasteiger partial charge in [-0.15, -0.1) is 0 Å². The van der Waals surface area contributed by atoms with E-state index in [1.165, 1.54) is 12.8 Å². The lowest BCUT2D eigenvalue weighted by molar-refractivity contribution is 0.677. The highest BCUT2D eigenvalue weighted by Gasteiger charge is 2.20. The highest BCUT2D eigenvalue weighted by Crippen LogP contribution is 2.19. The predicted octanol–water partition coefficient (Wildman–Crippen LogP) is 2.03. The second kappa shape index (κ2) is 4.30. The van der Waals surface area contributed by atoms with E-state index >= 15 is 0 Å². The van der Waals surface area contributed by atoms with Crippen LogP contribution in [0.3, 0.4) is 0 Å². The molecule has 0 spiro atoms. The first-order valence-corrected chi connectivity index (χ1v) is 6.02. The van der Waals surface area contributed by atoms with Crippen LogP contribution in [0.25, 0.3) is 11.5 Å². The van der Waals surface area contributed by atoms with Crippen molar-refractivity contribution in [3.63, 3.8) is 0 Å². The Kier molecular flexibility index (Phi) is 2.65. The van der Waals surface area contributed by atoms with Crippen molar-refractivity contribution in [2.75, 3.05) is 0 Å². The Hall–Kier alpha value is -1.68. The summed E-state index contributed by atoms with van der Waals surface area (Å²) in [4.78, 5) is 12.1. The molecule has 1 aliphatic carbocycles. The maximum absolute atomic E-state index is 4.45. The summed E-state index contributed by atoms with van der Waals surface area (Å²) in [5.74, 6) is 0.848. The average molecular weight is 228 g/mol. The molecule has 1 saturated carbocycles. The lowest BCUT2D eigenvalue weighted by Crippen LogP contribution is -2.15. The van der Waals surface area contributed by atoms with E-state index in [1.807, 2.05) is 31.3 Å². The molecule has 1 aliphatic rings. The van der Waals surface area contributed by atoms with Gasteiger partial charge in [-0.3, -0.25) is 0 Å². The lowest BCUT2D eigenvalue weighted by Gasteiger charge is -1.99.